The molecule has 0 aliphatic carbocycles. The number of benzene rings is 1. The standard InChI is InChI=1S/C19H23N3O2/c1-14-17(15(2)22(20-14)16-10-6-5-7-11-16)18(23)19(24)21-12-8-3-4-9-13-21/h5-7,10-11H,3-4,8-9,12-13H2,1-2H3. The zero-order valence-corrected chi connectivity index (χ0v) is 14.3. The second-order valence-corrected chi connectivity index (χ2v) is 6.33. The third-order valence-electron chi connectivity index (χ3n) is 4.61. The van der Waals surface area contributed by atoms with Gasteiger partial charge in [0, 0.05) is 13.1 Å². The monoisotopic (exact) mass is 325 g/mol. The molecule has 0 bridgehead atoms. The first-order valence-corrected chi connectivity index (χ1v) is 8.55. The minimum atomic E-state index is -0.436. The average Bonchev–Trinajstić information content (AvgIpc) is 2.79. The first-order valence-electron chi connectivity index (χ1n) is 8.55. The molecular formula is C19H23N3O2. The summed E-state index contributed by atoms with van der Waals surface area (Å²) in [6, 6.07) is 9.66. The number of para-hydroxylation sites is 1. The maximum atomic E-state index is 12.8. The Hall–Kier alpha value is -2.43. The van der Waals surface area contributed by atoms with Gasteiger partial charge >= 0.3 is 0 Å². The lowest BCUT2D eigenvalue weighted by atomic mass is 10.1. The van der Waals surface area contributed by atoms with E-state index < -0.39 is 11.7 Å². The van der Waals surface area contributed by atoms with Crippen molar-refractivity contribution in [2.45, 2.75) is 39.5 Å². The van der Waals surface area contributed by atoms with Crippen molar-refractivity contribution in [3.05, 3.63) is 47.3 Å². The molecule has 24 heavy (non-hydrogen) atoms. The number of Topliss-reactive ketones (excluding diaryl/α,β-unsaturated/α-hetero) is 1. The van der Waals surface area contributed by atoms with E-state index in [4.69, 9.17) is 0 Å². The Kier molecular flexibility index (Phi) is 4.79. The predicted molar refractivity (Wildman–Crippen MR) is 92.4 cm³/mol. The van der Waals surface area contributed by atoms with Crippen molar-refractivity contribution < 1.29 is 9.59 Å². The lowest BCUT2D eigenvalue weighted by Gasteiger charge is -2.19. The first kappa shape index (κ1) is 16.4. The highest BCUT2D eigenvalue weighted by molar-refractivity contribution is 6.43. The van der Waals surface area contributed by atoms with E-state index in [1.807, 2.05) is 37.3 Å². The summed E-state index contributed by atoms with van der Waals surface area (Å²) >= 11 is 0. The summed E-state index contributed by atoms with van der Waals surface area (Å²) in [5, 5.41) is 4.47. The summed E-state index contributed by atoms with van der Waals surface area (Å²) in [5.41, 5.74) is 2.64. The summed E-state index contributed by atoms with van der Waals surface area (Å²) < 4.78 is 1.73. The Balaban J connectivity index is 1.90. The molecule has 0 radical (unpaired) electrons. The number of aryl methyl sites for hydroxylation is 1. The molecule has 1 saturated heterocycles. The smallest absolute Gasteiger partial charge is 0.295 e. The van der Waals surface area contributed by atoms with Crippen LogP contribution in [0, 0.1) is 13.8 Å². The fourth-order valence-corrected chi connectivity index (χ4v) is 3.32. The largest absolute Gasteiger partial charge is 0.336 e. The Bertz CT molecular complexity index is 741. The average molecular weight is 325 g/mol. The van der Waals surface area contributed by atoms with E-state index >= 15 is 0 Å². The number of hydrogen-bond donors (Lipinski definition) is 0. The molecule has 1 fully saturated rings. The van der Waals surface area contributed by atoms with Crippen LogP contribution >= 0.6 is 0 Å². The molecule has 1 aromatic heterocycles. The Morgan fingerprint density at radius 3 is 2.21 bits per heavy atom. The molecule has 1 aliphatic heterocycles. The van der Waals surface area contributed by atoms with Crippen molar-refractivity contribution in [3.63, 3.8) is 0 Å². The Morgan fingerprint density at radius 2 is 1.58 bits per heavy atom. The number of aromatic nitrogens is 2. The summed E-state index contributed by atoms with van der Waals surface area (Å²) in [7, 11) is 0. The molecule has 0 saturated carbocycles. The lowest BCUT2D eigenvalue weighted by molar-refractivity contribution is -0.126. The highest BCUT2D eigenvalue weighted by atomic mass is 16.2. The maximum Gasteiger partial charge on any atom is 0.295 e. The lowest BCUT2D eigenvalue weighted by Crippen LogP contribution is -2.37. The van der Waals surface area contributed by atoms with Crippen LogP contribution < -0.4 is 0 Å². The number of amides is 1. The second kappa shape index (κ2) is 6.99. The highest BCUT2D eigenvalue weighted by Gasteiger charge is 2.29. The molecule has 1 aromatic carbocycles. The van der Waals surface area contributed by atoms with Crippen LogP contribution in [-0.2, 0) is 4.79 Å². The van der Waals surface area contributed by atoms with Gasteiger partial charge in [0.2, 0.25) is 0 Å². The third kappa shape index (κ3) is 3.11. The molecule has 0 spiro atoms. The number of rotatable bonds is 3. The highest BCUT2D eigenvalue weighted by Crippen LogP contribution is 2.20. The van der Waals surface area contributed by atoms with E-state index in [0.29, 0.717) is 30.0 Å². The molecule has 0 N–H and O–H groups in total. The van der Waals surface area contributed by atoms with Gasteiger partial charge in [0.05, 0.1) is 22.6 Å². The van der Waals surface area contributed by atoms with Gasteiger partial charge in [0.25, 0.3) is 11.7 Å². The zero-order chi connectivity index (χ0) is 17.1. The number of carbonyl (C=O) groups excluding carboxylic acids is 2. The summed E-state index contributed by atoms with van der Waals surface area (Å²) in [6.07, 6.45) is 4.20. The van der Waals surface area contributed by atoms with Gasteiger partial charge in [-0.05, 0) is 38.8 Å². The van der Waals surface area contributed by atoms with E-state index in [-0.39, 0.29) is 0 Å². The van der Waals surface area contributed by atoms with E-state index in [0.717, 1.165) is 31.4 Å². The third-order valence-corrected chi connectivity index (χ3v) is 4.61. The topological polar surface area (TPSA) is 55.2 Å². The van der Waals surface area contributed by atoms with Crippen molar-refractivity contribution in [1.82, 2.24) is 14.7 Å². The van der Waals surface area contributed by atoms with Crippen LogP contribution in [0.15, 0.2) is 30.3 Å². The quantitative estimate of drug-likeness (QED) is 0.644. The number of nitrogens with zero attached hydrogens (tertiary/aromatic N) is 3. The molecule has 0 unspecified atom stereocenters. The molecule has 2 aromatic rings. The number of hydrogen-bond acceptors (Lipinski definition) is 3. The summed E-state index contributed by atoms with van der Waals surface area (Å²) in [5.74, 6) is -0.829. The van der Waals surface area contributed by atoms with Gasteiger partial charge in [-0.15, -0.1) is 0 Å². The van der Waals surface area contributed by atoms with Crippen LogP contribution in [-0.4, -0.2) is 39.5 Å². The molecule has 2 heterocycles. The molecule has 1 aliphatic rings. The van der Waals surface area contributed by atoms with Crippen LogP contribution in [0.2, 0.25) is 0 Å². The minimum Gasteiger partial charge on any atom is -0.336 e. The van der Waals surface area contributed by atoms with Crippen LogP contribution in [0.4, 0.5) is 0 Å². The van der Waals surface area contributed by atoms with Crippen molar-refractivity contribution in [1.29, 1.82) is 0 Å². The SMILES string of the molecule is Cc1nn(-c2ccccc2)c(C)c1C(=O)C(=O)N1CCCCCC1. The van der Waals surface area contributed by atoms with Gasteiger partial charge in [0.15, 0.2) is 0 Å². The molecule has 5 heteroatoms. The summed E-state index contributed by atoms with van der Waals surface area (Å²) in [4.78, 5) is 27.1. The molecule has 3 rings (SSSR count). The van der Waals surface area contributed by atoms with E-state index in [2.05, 4.69) is 5.10 Å². The molecule has 5 nitrogen and oxygen atoms in total. The van der Waals surface area contributed by atoms with Crippen molar-refractivity contribution in [2.75, 3.05) is 13.1 Å². The van der Waals surface area contributed by atoms with Crippen molar-refractivity contribution in [2.24, 2.45) is 0 Å². The van der Waals surface area contributed by atoms with Gasteiger partial charge in [-0.1, -0.05) is 31.0 Å². The molecular weight excluding hydrogens is 302 g/mol. The van der Waals surface area contributed by atoms with E-state index in [1.165, 1.54) is 0 Å². The van der Waals surface area contributed by atoms with Crippen molar-refractivity contribution >= 4 is 11.7 Å². The van der Waals surface area contributed by atoms with Gasteiger partial charge in [-0.3, -0.25) is 9.59 Å². The van der Waals surface area contributed by atoms with Crippen LogP contribution in [0.5, 0.6) is 0 Å². The number of likely N-dealkylation sites (tertiary alicyclic amines) is 1. The van der Waals surface area contributed by atoms with Gasteiger partial charge in [-0.2, -0.15) is 5.10 Å². The van der Waals surface area contributed by atoms with E-state index in [1.54, 1.807) is 16.5 Å². The molecule has 126 valence electrons. The first-order chi connectivity index (χ1) is 11.6. The number of ketones is 1. The fourth-order valence-electron chi connectivity index (χ4n) is 3.32. The fraction of sp³-hybridized carbons (Fsp3) is 0.421. The van der Waals surface area contributed by atoms with E-state index in [9.17, 15) is 9.59 Å². The Morgan fingerprint density at radius 1 is 0.958 bits per heavy atom. The van der Waals surface area contributed by atoms with Gasteiger partial charge in [-0.25, -0.2) is 4.68 Å². The normalized spacial score (nSPS) is 15.2. The second-order valence-electron chi connectivity index (χ2n) is 6.33. The van der Waals surface area contributed by atoms with Gasteiger partial charge < -0.3 is 4.90 Å². The zero-order valence-electron chi connectivity index (χ0n) is 14.3. The van der Waals surface area contributed by atoms with Gasteiger partial charge in [0.1, 0.15) is 0 Å². The van der Waals surface area contributed by atoms with Crippen LogP contribution in [0.1, 0.15) is 47.4 Å². The predicted octanol–water partition coefficient (Wildman–Crippen LogP) is 3.07. The summed E-state index contributed by atoms with van der Waals surface area (Å²) in [6.45, 7) is 4.98. The molecule has 0 atom stereocenters. The Labute approximate surface area is 142 Å². The molecule has 1 amide bonds. The maximum absolute atomic E-state index is 12.8. The number of carbonyl (C=O) groups is 2. The van der Waals surface area contributed by atoms with Crippen LogP contribution in [0.3, 0.4) is 0 Å². The van der Waals surface area contributed by atoms with Crippen molar-refractivity contribution in [3.8, 4) is 5.69 Å². The van der Waals surface area contributed by atoms with Crippen LogP contribution in [0.25, 0.3) is 5.69 Å². The minimum absolute atomic E-state index is 0.393.